The van der Waals surface area contributed by atoms with Crippen molar-refractivity contribution in [1.82, 2.24) is 9.97 Å². The van der Waals surface area contributed by atoms with E-state index >= 15 is 0 Å². The number of nitrogens with two attached hydrogens (primary N) is 1. The van der Waals surface area contributed by atoms with Crippen molar-refractivity contribution in [3.8, 4) is 0 Å². The minimum Gasteiger partial charge on any atom is -0.341 e. The van der Waals surface area contributed by atoms with E-state index in [-0.39, 0.29) is 0 Å². The summed E-state index contributed by atoms with van der Waals surface area (Å²) in [5, 5.41) is 0. The second-order valence-electron chi connectivity index (χ2n) is 4.07. The number of hydrogen-bond donors (Lipinski definition) is 2. The molecule has 5 nitrogen and oxygen atoms in total. The van der Waals surface area contributed by atoms with E-state index in [0.717, 1.165) is 24.7 Å². The SMILES string of the molecule is CCN(CC)c1nc(NN)cc(C2CC2)n1. The zero-order valence-corrected chi connectivity index (χ0v) is 9.90. The molecule has 1 fully saturated rings. The average Bonchev–Trinajstić information content (AvgIpc) is 3.14. The maximum absolute atomic E-state index is 5.43. The molecule has 16 heavy (non-hydrogen) atoms. The Hall–Kier alpha value is -1.36. The molecule has 2 rings (SSSR count). The number of rotatable bonds is 5. The van der Waals surface area contributed by atoms with Gasteiger partial charge in [-0.2, -0.15) is 4.98 Å². The third-order valence-electron chi connectivity index (χ3n) is 2.92. The Labute approximate surface area is 96.0 Å². The molecule has 1 aromatic heterocycles. The molecular weight excluding hydrogens is 202 g/mol. The molecule has 0 saturated heterocycles. The average molecular weight is 221 g/mol. The molecule has 1 aliphatic carbocycles. The molecule has 1 heterocycles. The van der Waals surface area contributed by atoms with Gasteiger partial charge in [0.05, 0.1) is 5.69 Å². The summed E-state index contributed by atoms with van der Waals surface area (Å²) in [4.78, 5) is 11.1. The van der Waals surface area contributed by atoms with Crippen LogP contribution < -0.4 is 16.2 Å². The van der Waals surface area contributed by atoms with Crippen molar-refractivity contribution < 1.29 is 0 Å². The van der Waals surface area contributed by atoms with E-state index in [1.807, 2.05) is 6.07 Å². The first-order chi connectivity index (χ1) is 7.78. The zero-order chi connectivity index (χ0) is 11.5. The van der Waals surface area contributed by atoms with Crippen LogP contribution >= 0.6 is 0 Å². The first kappa shape index (κ1) is 11.1. The third kappa shape index (κ3) is 2.24. The predicted molar refractivity (Wildman–Crippen MR) is 65.4 cm³/mol. The summed E-state index contributed by atoms with van der Waals surface area (Å²) >= 11 is 0. The standard InChI is InChI=1S/C11H19N5/c1-3-16(4-2)11-13-9(8-5-6-8)7-10(14-11)15-12/h7-8H,3-6,12H2,1-2H3,(H,13,14,15). The van der Waals surface area contributed by atoms with E-state index in [0.29, 0.717) is 11.7 Å². The van der Waals surface area contributed by atoms with Crippen LogP contribution in [0, 0.1) is 0 Å². The maximum Gasteiger partial charge on any atom is 0.227 e. The Balaban J connectivity index is 2.31. The third-order valence-corrected chi connectivity index (χ3v) is 2.92. The summed E-state index contributed by atoms with van der Waals surface area (Å²) in [6.45, 7) is 6.03. The fourth-order valence-electron chi connectivity index (χ4n) is 1.76. The number of hydrogen-bond acceptors (Lipinski definition) is 5. The summed E-state index contributed by atoms with van der Waals surface area (Å²) < 4.78 is 0. The molecule has 1 saturated carbocycles. The van der Waals surface area contributed by atoms with Crippen molar-refractivity contribution in [3.63, 3.8) is 0 Å². The number of nitrogens with one attached hydrogen (secondary N) is 1. The van der Waals surface area contributed by atoms with Gasteiger partial charge in [-0.15, -0.1) is 0 Å². The molecule has 5 heteroatoms. The molecule has 0 radical (unpaired) electrons. The van der Waals surface area contributed by atoms with Gasteiger partial charge in [0.15, 0.2) is 0 Å². The number of hydrazine groups is 1. The van der Waals surface area contributed by atoms with Gasteiger partial charge in [0.1, 0.15) is 5.82 Å². The van der Waals surface area contributed by atoms with Crippen LogP contribution in [0.15, 0.2) is 6.07 Å². The van der Waals surface area contributed by atoms with Gasteiger partial charge in [0.25, 0.3) is 0 Å². The van der Waals surface area contributed by atoms with E-state index < -0.39 is 0 Å². The minimum atomic E-state index is 0.615. The summed E-state index contributed by atoms with van der Waals surface area (Å²) in [6.07, 6.45) is 2.47. The highest BCUT2D eigenvalue weighted by molar-refractivity contribution is 5.44. The Morgan fingerprint density at radius 2 is 2.06 bits per heavy atom. The lowest BCUT2D eigenvalue weighted by atomic mass is 10.3. The lowest BCUT2D eigenvalue weighted by molar-refractivity contribution is 0.809. The van der Waals surface area contributed by atoms with Crippen LogP contribution in [-0.2, 0) is 0 Å². The zero-order valence-electron chi connectivity index (χ0n) is 9.90. The quantitative estimate of drug-likeness (QED) is 0.582. The van der Waals surface area contributed by atoms with Gasteiger partial charge < -0.3 is 10.3 Å². The lowest BCUT2D eigenvalue weighted by Crippen LogP contribution is -2.25. The highest BCUT2D eigenvalue weighted by Crippen LogP contribution is 2.40. The van der Waals surface area contributed by atoms with E-state index in [4.69, 9.17) is 5.84 Å². The monoisotopic (exact) mass is 221 g/mol. The molecular formula is C11H19N5. The second-order valence-corrected chi connectivity index (χ2v) is 4.07. The van der Waals surface area contributed by atoms with Gasteiger partial charge in [-0.3, -0.25) is 0 Å². The van der Waals surface area contributed by atoms with E-state index in [9.17, 15) is 0 Å². The van der Waals surface area contributed by atoms with Crippen LogP contribution in [0.4, 0.5) is 11.8 Å². The Kier molecular flexibility index (Phi) is 3.24. The lowest BCUT2D eigenvalue weighted by Gasteiger charge is -2.19. The van der Waals surface area contributed by atoms with Gasteiger partial charge in [-0.25, -0.2) is 10.8 Å². The van der Waals surface area contributed by atoms with Crippen molar-refractivity contribution in [2.45, 2.75) is 32.6 Å². The van der Waals surface area contributed by atoms with Crippen molar-refractivity contribution in [2.24, 2.45) is 5.84 Å². The van der Waals surface area contributed by atoms with E-state index in [2.05, 4.69) is 34.1 Å². The van der Waals surface area contributed by atoms with Gasteiger partial charge in [0.2, 0.25) is 5.95 Å². The smallest absolute Gasteiger partial charge is 0.227 e. The highest BCUT2D eigenvalue weighted by Gasteiger charge is 2.26. The Morgan fingerprint density at radius 3 is 2.56 bits per heavy atom. The first-order valence-corrected chi connectivity index (χ1v) is 5.89. The summed E-state index contributed by atoms with van der Waals surface area (Å²) in [6, 6.07) is 1.95. The summed E-state index contributed by atoms with van der Waals surface area (Å²) in [7, 11) is 0. The van der Waals surface area contributed by atoms with Crippen molar-refractivity contribution in [2.75, 3.05) is 23.4 Å². The second kappa shape index (κ2) is 4.65. The maximum atomic E-state index is 5.43. The summed E-state index contributed by atoms with van der Waals surface area (Å²) in [5.74, 6) is 7.53. The van der Waals surface area contributed by atoms with Crippen LogP contribution in [0.2, 0.25) is 0 Å². The first-order valence-electron chi connectivity index (χ1n) is 5.89. The predicted octanol–water partition coefficient (Wildman–Crippen LogP) is 1.49. The molecule has 0 aromatic carbocycles. The number of aromatic nitrogens is 2. The van der Waals surface area contributed by atoms with Gasteiger partial charge in [0, 0.05) is 25.1 Å². The molecule has 1 aromatic rings. The Bertz CT molecular complexity index is 357. The molecule has 0 aliphatic heterocycles. The Morgan fingerprint density at radius 1 is 1.38 bits per heavy atom. The summed E-state index contributed by atoms with van der Waals surface area (Å²) in [5.41, 5.74) is 3.73. The number of nitrogens with zero attached hydrogens (tertiary/aromatic N) is 3. The molecule has 0 spiro atoms. The van der Waals surface area contributed by atoms with Crippen LogP contribution in [0.5, 0.6) is 0 Å². The molecule has 88 valence electrons. The minimum absolute atomic E-state index is 0.615. The van der Waals surface area contributed by atoms with Crippen molar-refractivity contribution in [1.29, 1.82) is 0 Å². The fraction of sp³-hybridized carbons (Fsp3) is 0.636. The van der Waals surface area contributed by atoms with E-state index in [1.54, 1.807) is 0 Å². The molecule has 0 amide bonds. The normalized spacial score (nSPS) is 14.9. The highest BCUT2D eigenvalue weighted by atomic mass is 15.3. The van der Waals surface area contributed by atoms with Crippen molar-refractivity contribution in [3.05, 3.63) is 11.8 Å². The molecule has 1 aliphatic rings. The van der Waals surface area contributed by atoms with Crippen LogP contribution in [-0.4, -0.2) is 23.1 Å². The van der Waals surface area contributed by atoms with Crippen LogP contribution in [0.25, 0.3) is 0 Å². The number of nitrogen functional groups attached to an aromatic ring is 1. The van der Waals surface area contributed by atoms with Crippen LogP contribution in [0.3, 0.4) is 0 Å². The van der Waals surface area contributed by atoms with Gasteiger partial charge in [-0.05, 0) is 26.7 Å². The van der Waals surface area contributed by atoms with Gasteiger partial charge in [-0.1, -0.05) is 0 Å². The van der Waals surface area contributed by atoms with Crippen LogP contribution in [0.1, 0.15) is 38.3 Å². The molecule has 0 unspecified atom stereocenters. The molecule has 0 bridgehead atoms. The topological polar surface area (TPSA) is 67.1 Å². The largest absolute Gasteiger partial charge is 0.341 e. The fourth-order valence-corrected chi connectivity index (χ4v) is 1.76. The van der Waals surface area contributed by atoms with E-state index in [1.165, 1.54) is 12.8 Å². The molecule has 3 N–H and O–H groups in total. The van der Waals surface area contributed by atoms with Gasteiger partial charge >= 0.3 is 0 Å². The van der Waals surface area contributed by atoms with Crippen molar-refractivity contribution >= 4 is 11.8 Å². The number of anilines is 2. The molecule has 0 atom stereocenters.